The van der Waals surface area contributed by atoms with Crippen LogP contribution in [0.4, 0.5) is 14.6 Å². The Hall–Kier alpha value is -2.78. The summed E-state index contributed by atoms with van der Waals surface area (Å²) in [5, 5.41) is 25.3. The first-order valence-electron chi connectivity index (χ1n) is 11.2. The van der Waals surface area contributed by atoms with Gasteiger partial charge in [-0.3, -0.25) is 4.79 Å². The summed E-state index contributed by atoms with van der Waals surface area (Å²) in [5.41, 5.74) is 0.168. The van der Waals surface area contributed by atoms with Crippen molar-refractivity contribution >= 4 is 11.7 Å². The summed E-state index contributed by atoms with van der Waals surface area (Å²) in [4.78, 5) is 18.2. The lowest BCUT2D eigenvalue weighted by molar-refractivity contribution is -0.132. The Morgan fingerprint density at radius 1 is 1.16 bits per heavy atom. The molecule has 1 aromatic heterocycles. The number of aromatic nitrogens is 1. The Morgan fingerprint density at radius 2 is 1.88 bits per heavy atom. The van der Waals surface area contributed by atoms with Gasteiger partial charge < -0.3 is 15.5 Å². The van der Waals surface area contributed by atoms with Crippen molar-refractivity contribution in [1.29, 1.82) is 10.5 Å². The van der Waals surface area contributed by atoms with Crippen LogP contribution in [0.5, 0.6) is 0 Å². The molecule has 1 aliphatic heterocycles. The number of nitriles is 2. The SMILES string of the molecule is N#Cc1ccc(NC23CC4CC(CC(NCC(=O)N5CC(F)(F)CC5C#N)(C4)C2)C3)nc1. The Labute approximate surface area is 185 Å². The second-order valence-corrected chi connectivity index (χ2v) is 10.3. The average Bonchev–Trinajstić information content (AvgIpc) is 3.06. The number of rotatable bonds is 5. The summed E-state index contributed by atoms with van der Waals surface area (Å²) >= 11 is 0. The van der Waals surface area contributed by atoms with E-state index >= 15 is 0 Å². The maximum Gasteiger partial charge on any atom is 0.268 e. The average molecular weight is 440 g/mol. The van der Waals surface area contributed by atoms with Crippen molar-refractivity contribution in [2.45, 2.75) is 68.0 Å². The minimum Gasteiger partial charge on any atom is -0.365 e. The molecule has 3 unspecified atom stereocenters. The molecular weight excluding hydrogens is 414 g/mol. The number of hydrogen-bond acceptors (Lipinski definition) is 6. The third kappa shape index (κ3) is 3.80. The molecule has 7 nitrogen and oxygen atoms in total. The van der Waals surface area contributed by atoms with Gasteiger partial charge in [0.05, 0.1) is 24.7 Å². The number of pyridine rings is 1. The van der Waals surface area contributed by atoms with Gasteiger partial charge >= 0.3 is 0 Å². The van der Waals surface area contributed by atoms with Crippen molar-refractivity contribution in [2.75, 3.05) is 18.4 Å². The van der Waals surface area contributed by atoms with Gasteiger partial charge in [-0.1, -0.05) is 0 Å². The van der Waals surface area contributed by atoms with Crippen molar-refractivity contribution in [3.63, 3.8) is 0 Å². The molecule has 1 aromatic rings. The second-order valence-electron chi connectivity index (χ2n) is 10.3. The molecule has 0 radical (unpaired) electrons. The number of carbonyl (C=O) groups excluding carboxylic acids is 1. The monoisotopic (exact) mass is 440 g/mol. The van der Waals surface area contributed by atoms with E-state index in [2.05, 4.69) is 21.7 Å². The predicted octanol–water partition coefficient (Wildman–Crippen LogP) is 2.81. The largest absolute Gasteiger partial charge is 0.365 e. The van der Waals surface area contributed by atoms with Gasteiger partial charge in [0.2, 0.25) is 5.91 Å². The molecule has 4 saturated carbocycles. The zero-order chi connectivity index (χ0) is 22.6. The normalized spacial score (nSPS) is 36.5. The molecule has 0 aromatic carbocycles. The minimum absolute atomic E-state index is 0.0289. The van der Waals surface area contributed by atoms with Crippen LogP contribution in [-0.2, 0) is 4.79 Å². The zero-order valence-corrected chi connectivity index (χ0v) is 17.8. The van der Waals surface area contributed by atoms with Crippen LogP contribution < -0.4 is 10.6 Å². The van der Waals surface area contributed by atoms with Crippen molar-refractivity contribution < 1.29 is 13.6 Å². The molecule has 6 rings (SSSR count). The topological polar surface area (TPSA) is 105 Å². The second kappa shape index (κ2) is 7.38. The summed E-state index contributed by atoms with van der Waals surface area (Å²) in [7, 11) is 0. The van der Waals surface area contributed by atoms with Gasteiger partial charge in [-0.25, -0.2) is 13.8 Å². The Bertz CT molecular complexity index is 983. The lowest BCUT2D eigenvalue weighted by atomic mass is 9.50. The van der Waals surface area contributed by atoms with Crippen molar-refractivity contribution in [3.8, 4) is 12.1 Å². The highest BCUT2D eigenvalue weighted by Crippen LogP contribution is 2.58. The molecule has 5 fully saturated rings. The molecule has 168 valence electrons. The lowest BCUT2D eigenvalue weighted by Crippen LogP contribution is -2.67. The lowest BCUT2D eigenvalue weighted by Gasteiger charge is -2.62. The van der Waals surface area contributed by atoms with Crippen molar-refractivity contribution in [1.82, 2.24) is 15.2 Å². The smallest absolute Gasteiger partial charge is 0.268 e. The van der Waals surface area contributed by atoms with E-state index in [4.69, 9.17) is 5.26 Å². The number of hydrogen-bond donors (Lipinski definition) is 2. The molecule has 32 heavy (non-hydrogen) atoms. The van der Waals surface area contributed by atoms with E-state index < -0.39 is 30.8 Å². The number of alkyl halides is 2. The van der Waals surface area contributed by atoms with E-state index in [0.29, 0.717) is 17.4 Å². The van der Waals surface area contributed by atoms with E-state index in [1.807, 2.05) is 12.1 Å². The first kappa shape index (κ1) is 21.1. The highest BCUT2D eigenvalue weighted by molar-refractivity contribution is 5.79. The van der Waals surface area contributed by atoms with Gasteiger partial charge in [0.25, 0.3) is 5.92 Å². The van der Waals surface area contributed by atoms with E-state index in [0.717, 1.165) is 42.8 Å². The fourth-order valence-corrected chi connectivity index (χ4v) is 6.98. The fourth-order valence-electron chi connectivity index (χ4n) is 6.98. The molecule has 9 heteroatoms. The first-order valence-corrected chi connectivity index (χ1v) is 11.2. The molecule has 1 saturated heterocycles. The summed E-state index contributed by atoms with van der Waals surface area (Å²) < 4.78 is 27.5. The Kier molecular flexibility index (Phi) is 4.86. The molecule has 5 aliphatic rings. The van der Waals surface area contributed by atoms with Gasteiger partial charge in [0, 0.05) is 23.7 Å². The van der Waals surface area contributed by atoms with Gasteiger partial charge in [0.15, 0.2) is 0 Å². The maximum absolute atomic E-state index is 13.8. The van der Waals surface area contributed by atoms with Crippen molar-refractivity contribution in [3.05, 3.63) is 23.9 Å². The minimum atomic E-state index is -3.00. The third-order valence-electron chi connectivity index (χ3n) is 7.70. The molecule has 4 bridgehead atoms. The van der Waals surface area contributed by atoms with Crippen LogP contribution >= 0.6 is 0 Å². The maximum atomic E-state index is 13.8. The van der Waals surface area contributed by atoms with Crippen LogP contribution in [0.2, 0.25) is 0 Å². The van der Waals surface area contributed by atoms with Crippen LogP contribution in [0, 0.1) is 34.5 Å². The molecule has 1 amide bonds. The fraction of sp³-hybridized carbons (Fsp3) is 0.652. The van der Waals surface area contributed by atoms with Crippen LogP contribution in [0.1, 0.15) is 50.5 Å². The molecule has 2 heterocycles. The number of halogens is 2. The van der Waals surface area contributed by atoms with E-state index in [-0.39, 0.29) is 17.6 Å². The van der Waals surface area contributed by atoms with Crippen LogP contribution in [0.25, 0.3) is 0 Å². The van der Waals surface area contributed by atoms with Gasteiger partial charge in [-0.15, -0.1) is 0 Å². The predicted molar refractivity (Wildman–Crippen MR) is 111 cm³/mol. The number of nitrogens with one attached hydrogen (secondary N) is 2. The highest BCUT2D eigenvalue weighted by atomic mass is 19.3. The Morgan fingerprint density at radius 3 is 2.50 bits per heavy atom. The quantitative estimate of drug-likeness (QED) is 0.730. The number of nitrogens with zero attached hydrogens (tertiary/aromatic N) is 4. The first-order chi connectivity index (χ1) is 15.2. The molecule has 0 spiro atoms. The summed E-state index contributed by atoms with van der Waals surface area (Å²) in [6, 6.07) is 6.44. The Balaban J connectivity index is 1.29. The summed E-state index contributed by atoms with van der Waals surface area (Å²) in [5.74, 6) is -1.62. The molecule has 3 atom stereocenters. The summed E-state index contributed by atoms with van der Waals surface area (Å²) in [6.45, 7) is -0.710. The zero-order valence-electron chi connectivity index (χ0n) is 17.8. The number of carbonyl (C=O) groups is 1. The van der Waals surface area contributed by atoms with Crippen LogP contribution in [0.3, 0.4) is 0 Å². The van der Waals surface area contributed by atoms with E-state index in [1.54, 1.807) is 12.3 Å². The number of anilines is 1. The van der Waals surface area contributed by atoms with Gasteiger partial charge in [0.1, 0.15) is 17.9 Å². The van der Waals surface area contributed by atoms with Gasteiger partial charge in [-0.2, -0.15) is 10.5 Å². The van der Waals surface area contributed by atoms with Crippen LogP contribution in [0.15, 0.2) is 18.3 Å². The highest BCUT2D eigenvalue weighted by Gasteiger charge is 2.58. The molecular formula is C23H26F2N6O. The molecule has 4 aliphatic carbocycles. The number of likely N-dealkylation sites (tertiary alicyclic amines) is 1. The third-order valence-corrected chi connectivity index (χ3v) is 7.70. The molecule has 2 N–H and O–H groups in total. The van der Waals surface area contributed by atoms with Gasteiger partial charge in [-0.05, 0) is 62.5 Å². The number of amides is 1. The van der Waals surface area contributed by atoms with Crippen LogP contribution in [-0.4, -0.2) is 51.9 Å². The van der Waals surface area contributed by atoms with E-state index in [9.17, 15) is 18.8 Å². The standard InChI is InChI=1S/C23H26F2N6O/c24-23(25)8-18(10-27)31(14-23)20(32)12-29-21-4-16-3-17(5-21)7-22(6-16,13-21)30-19-2-1-15(9-26)11-28-19/h1-2,11,16-18,29H,3-8,12-14H2,(H,28,30). The van der Waals surface area contributed by atoms with E-state index in [1.165, 1.54) is 6.42 Å². The summed E-state index contributed by atoms with van der Waals surface area (Å²) in [6.07, 6.45) is 7.00. The van der Waals surface area contributed by atoms with Crippen molar-refractivity contribution in [2.24, 2.45) is 11.8 Å².